The van der Waals surface area contributed by atoms with E-state index in [0.29, 0.717) is 11.5 Å². The molecule has 1 rings (SSSR count). The van der Waals surface area contributed by atoms with E-state index < -0.39 is 0 Å². The molecule has 46 valence electrons. The molecule has 1 aromatic rings. The highest BCUT2D eigenvalue weighted by molar-refractivity contribution is 5.31. The third-order valence-corrected chi connectivity index (χ3v) is 0.950. The topological polar surface area (TPSA) is 52.0 Å². The standard InChI is InChI=1S/C6H6N2O/c1-3-5-4(2)9-6(7)8-5/h1H,2H3,(H2,7,8). The van der Waals surface area contributed by atoms with Gasteiger partial charge in [0, 0.05) is 0 Å². The third-order valence-electron chi connectivity index (χ3n) is 0.950. The van der Waals surface area contributed by atoms with Gasteiger partial charge in [-0.05, 0) is 12.8 Å². The fraction of sp³-hybridized carbons (Fsp3) is 0.167. The minimum absolute atomic E-state index is 0.125. The van der Waals surface area contributed by atoms with Gasteiger partial charge in [-0.25, -0.2) is 0 Å². The van der Waals surface area contributed by atoms with Crippen LogP contribution in [0.5, 0.6) is 0 Å². The minimum Gasteiger partial charge on any atom is -0.428 e. The maximum Gasteiger partial charge on any atom is 0.293 e. The van der Waals surface area contributed by atoms with Crippen molar-refractivity contribution >= 4 is 6.01 Å². The highest BCUT2D eigenvalue weighted by atomic mass is 16.4. The summed E-state index contributed by atoms with van der Waals surface area (Å²) in [5.74, 6) is 2.92. The molecule has 0 aliphatic heterocycles. The van der Waals surface area contributed by atoms with E-state index in [0.717, 1.165) is 0 Å². The molecule has 2 N–H and O–H groups in total. The first kappa shape index (κ1) is 5.70. The molecule has 1 aromatic heterocycles. The van der Waals surface area contributed by atoms with Crippen molar-refractivity contribution in [3.05, 3.63) is 11.5 Å². The van der Waals surface area contributed by atoms with Gasteiger partial charge in [-0.1, -0.05) is 0 Å². The number of nitrogen functional groups attached to an aromatic ring is 1. The lowest BCUT2D eigenvalue weighted by atomic mass is 10.4. The van der Waals surface area contributed by atoms with E-state index >= 15 is 0 Å². The van der Waals surface area contributed by atoms with Gasteiger partial charge in [0.05, 0.1) is 0 Å². The van der Waals surface area contributed by atoms with Crippen LogP contribution in [0.15, 0.2) is 4.42 Å². The van der Waals surface area contributed by atoms with Crippen molar-refractivity contribution in [1.29, 1.82) is 0 Å². The number of nitrogens with zero attached hydrogens (tertiary/aromatic N) is 1. The number of aryl methyl sites for hydroxylation is 1. The van der Waals surface area contributed by atoms with Crippen LogP contribution in [0.3, 0.4) is 0 Å². The van der Waals surface area contributed by atoms with Gasteiger partial charge in [0.15, 0.2) is 5.69 Å². The lowest BCUT2D eigenvalue weighted by Crippen LogP contribution is -1.82. The number of aromatic nitrogens is 1. The molecule has 0 atom stereocenters. The predicted octanol–water partition coefficient (Wildman–Crippen LogP) is 0.547. The number of hydrogen-bond acceptors (Lipinski definition) is 3. The van der Waals surface area contributed by atoms with Crippen molar-refractivity contribution in [2.75, 3.05) is 5.73 Å². The second-order valence-corrected chi connectivity index (χ2v) is 1.60. The molecule has 1 heterocycles. The summed E-state index contributed by atoms with van der Waals surface area (Å²) in [5, 5.41) is 0. The summed E-state index contributed by atoms with van der Waals surface area (Å²) < 4.78 is 4.83. The molecule has 0 saturated heterocycles. The first-order valence-electron chi connectivity index (χ1n) is 2.43. The average molecular weight is 122 g/mol. The Labute approximate surface area is 52.9 Å². The van der Waals surface area contributed by atoms with Crippen molar-refractivity contribution in [3.8, 4) is 12.3 Å². The molecule has 0 spiro atoms. The van der Waals surface area contributed by atoms with E-state index in [-0.39, 0.29) is 6.01 Å². The molecular formula is C6H6N2O. The zero-order chi connectivity index (χ0) is 6.85. The molecule has 9 heavy (non-hydrogen) atoms. The van der Waals surface area contributed by atoms with Crippen molar-refractivity contribution in [3.63, 3.8) is 0 Å². The highest BCUT2D eigenvalue weighted by Crippen LogP contribution is 2.08. The van der Waals surface area contributed by atoms with Crippen LogP contribution in [0, 0.1) is 19.3 Å². The smallest absolute Gasteiger partial charge is 0.293 e. The summed E-state index contributed by atoms with van der Waals surface area (Å²) in [7, 11) is 0. The molecular weight excluding hydrogens is 116 g/mol. The van der Waals surface area contributed by atoms with Gasteiger partial charge in [-0.2, -0.15) is 4.98 Å². The van der Waals surface area contributed by atoms with Crippen LogP contribution in [0.25, 0.3) is 0 Å². The highest BCUT2D eigenvalue weighted by Gasteiger charge is 2.01. The van der Waals surface area contributed by atoms with Crippen LogP contribution in [0.4, 0.5) is 6.01 Å². The monoisotopic (exact) mass is 122 g/mol. The van der Waals surface area contributed by atoms with E-state index in [9.17, 15) is 0 Å². The SMILES string of the molecule is C#Cc1nc(N)oc1C. The number of nitrogens with two attached hydrogens (primary N) is 1. The maximum absolute atomic E-state index is 5.18. The van der Waals surface area contributed by atoms with Gasteiger partial charge in [0.2, 0.25) is 0 Å². The largest absolute Gasteiger partial charge is 0.428 e. The van der Waals surface area contributed by atoms with Crippen LogP contribution in [-0.2, 0) is 0 Å². The molecule has 0 amide bonds. The predicted molar refractivity (Wildman–Crippen MR) is 33.6 cm³/mol. The Bertz CT molecular complexity index is 257. The number of rotatable bonds is 0. The summed E-state index contributed by atoms with van der Waals surface area (Å²) in [6.45, 7) is 1.72. The van der Waals surface area contributed by atoms with E-state index in [1.165, 1.54) is 0 Å². The van der Waals surface area contributed by atoms with Gasteiger partial charge in [0.25, 0.3) is 6.01 Å². The Morgan fingerprint density at radius 3 is 2.67 bits per heavy atom. The van der Waals surface area contributed by atoms with Crippen molar-refractivity contribution in [2.45, 2.75) is 6.92 Å². The lowest BCUT2D eigenvalue weighted by Gasteiger charge is -1.76. The van der Waals surface area contributed by atoms with E-state index in [2.05, 4.69) is 10.9 Å². The molecule has 0 saturated carbocycles. The number of oxazole rings is 1. The summed E-state index contributed by atoms with van der Waals surface area (Å²) in [5.41, 5.74) is 5.66. The Morgan fingerprint density at radius 2 is 2.44 bits per heavy atom. The van der Waals surface area contributed by atoms with Gasteiger partial charge in [-0.3, -0.25) is 0 Å². The second kappa shape index (κ2) is 1.82. The molecule has 0 aliphatic carbocycles. The minimum atomic E-state index is 0.125. The van der Waals surface area contributed by atoms with E-state index in [1.807, 2.05) is 0 Å². The Morgan fingerprint density at radius 1 is 1.78 bits per heavy atom. The third kappa shape index (κ3) is 0.868. The Kier molecular flexibility index (Phi) is 1.16. The first-order valence-corrected chi connectivity index (χ1v) is 2.43. The quantitative estimate of drug-likeness (QED) is 0.511. The maximum atomic E-state index is 5.18. The molecule has 0 aromatic carbocycles. The molecule has 3 nitrogen and oxygen atoms in total. The van der Waals surface area contributed by atoms with Crippen LogP contribution < -0.4 is 5.73 Å². The van der Waals surface area contributed by atoms with Crippen molar-refractivity contribution in [2.24, 2.45) is 0 Å². The zero-order valence-corrected chi connectivity index (χ0v) is 5.01. The summed E-state index contributed by atoms with van der Waals surface area (Å²) in [4.78, 5) is 3.70. The van der Waals surface area contributed by atoms with Gasteiger partial charge in [0.1, 0.15) is 5.76 Å². The number of hydrogen-bond donors (Lipinski definition) is 1. The van der Waals surface area contributed by atoms with Gasteiger partial charge < -0.3 is 10.2 Å². The van der Waals surface area contributed by atoms with E-state index in [1.54, 1.807) is 6.92 Å². The molecule has 0 bridgehead atoms. The zero-order valence-electron chi connectivity index (χ0n) is 5.01. The summed E-state index contributed by atoms with van der Waals surface area (Å²) in [6.07, 6.45) is 5.04. The van der Waals surface area contributed by atoms with Gasteiger partial charge in [-0.15, -0.1) is 6.42 Å². The average Bonchev–Trinajstić information content (AvgIpc) is 2.10. The van der Waals surface area contributed by atoms with Crippen LogP contribution in [0.2, 0.25) is 0 Å². The van der Waals surface area contributed by atoms with Gasteiger partial charge >= 0.3 is 0 Å². The molecule has 0 fully saturated rings. The van der Waals surface area contributed by atoms with Crippen LogP contribution in [0.1, 0.15) is 11.5 Å². The molecule has 3 heteroatoms. The van der Waals surface area contributed by atoms with Crippen LogP contribution in [-0.4, -0.2) is 4.98 Å². The van der Waals surface area contributed by atoms with Crippen molar-refractivity contribution < 1.29 is 4.42 Å². The molecule has 0 radical (unpaired) electrons. The fourth-order valence-corrected chi connectivity index (χ4v) is 0.551. The Balaban J connectivity index is 3.20. The number of anilines is 1. The van der Waals surface area contributed by atoms with E-state index in [4.69, 9.17) is 16.6 Å². The van der Waals surface area contributed by atoms with Crippen molar-refractivity contribution in [1.82, 2.24) is 4.98 Å². The number of terminal acetylenes is 1. The normalized spacial score (nSPS) is 8.89. The fourth-order valence-electron chi connectivity index (χ4n) is 0.551. The van der Waals surface area contributed by atoms with Crippen LogP contribution >= 0.6 is 0 Å². The summed E-state index contributed by atoms with van der Waals surface area (Å²) in [6, 6.07) is 0.125. The second-order valence-electron chi connectivity index (χ2n) is 1.60. The lowest BCUT2D eigenvalue weighted by molar-refractivity contribution is 0.547. The summed E-state index contributed by atoms with van der Waals surface area (Å²) >= 11 is 0. The molecule has 0 aliphatic rings. The first-order chi connectivity index (χ1) is 4.24. The Hall–Kier alpha value is -1.43. The molecule has 0 unspecified atom stereocenters.